The number of hydrogen-bond acceptors (Lipinski definition) is 8. The second-order valence-corrected chi connectivity index (χ2v) is 11.3. The first-order chi connectivity index (χ1) is 20.2. The van der Waals surface area contributed by atoms with E-state index < -0.39 is 17.7 Å². The number of ether oxygens (including phenoxy) is 3. The Morgan fingerprint density at radius 2 is 1.88 bits per heavy atom. The van der Waals surface area contributed by atoms with E-state index >= 15 is 0 Å². The van der Waals surface area contributed by atoms with Crippen LogP contribution in [0.3, 0.4) is 0 Å². The highest BCUT2D eigenvalue weighted by molar-refractivity contribution is 6.46. The number of carbonyl (C=O) groups is 2. The van der Waals surface area contributed by atoms with Crippen molar-refractivity contribution in [1.82, 2.24) is 19.2 Å². The fourth-order valence-electron chi connectivity index (χ4n) is 5.58. The van der Waals surface area contributed by atoms with E-state index in [1.165, 1.54) is 0 Å². The number of ketones is 1. The Kier molecular flexibility index (Phi) is 8.84. The number of nitrogens with zero attached hydrogens (tertiary/aromatic N) is 4. The van der Waals surface area contributed by atoms with Gasteiger partial charge in [0.15, 0.2) is 17.3 Å². The maximum atomic E-state index is 13.7. The van der Waals surface area contributed by atoms with Crippen molar-refractivity contribution >= 4 is 23.1 Å². The zero-order chi connectivity index (χ0) is 30.0. The Labute approximate surface area is 246 Å². The molecule has 0 bridgehead atoms. The summed E-state index contributed by atoms with van der Waals surface area (Å²) in [6.07, 6.45) is 2.76. The third-order valence-electron chi connectivity index (χ3n) is 8.07. The number of morpholine rings is 1. The molecule has 1 N–H and O–H groups in total. The number of aliphatic hydroxyl groups excluding tert-OH is 1. The van der Waals surface area contributed by atoms with E-state index in [2.05, 4.69) is 18.7 Å². The van der Waals surface area contributed by atoms with Gasteiger partial charge in [-0.2, -0.15) is 0 Å². The molecule has 224 valence electrons. The molecule has 10 heteroatoms. The van der Waals surface area contributed by atoms with Crippen molar-refractivity contribution in [2.45, 2.75) is 40.2 Å². The molecular formula is C32H40N4O6. The van der Waals surface area contributed by atoms with Crippen LogP contribution in [-0.4, -0.2) is 89.1 Å². The number of aromatic nitrogens is 2. The summed E-state index contributed by atoms with van der Waals surface area (Å²) in [5.41, 5.74) is 3.22. The molecule has 0 aliphatic carbocycles. The molecule has 10 nitrogen and oxygen atoms in total. The first-order valence-electron chi connectivity index (χ1n) is 14.5. The number of hydrogen-bond donors (Lipinski definition) is 1. The molecule has 0 saturated carbocycles. The molecular weight excluding hydrogens is 536 g/mol. The van der Waals surface area contributed by atoms with Crippen LogP contribution in [0.15, 0.2) is 42.1 Å². The lowest BCUT2D eigenvalue weighted by molar-refractivity contribution is -0.140. The second-order valence-electron chi connectivity index (χ2n) is 11.3. The van der Waals surface area contributed by atoms with E-state index in [1.807, 2.05) is 42.6 Å². The van der Waals surface area contributed by atoms with Gasteiger partial charge in [0.2, 0.25) is 0 Å². The maximum Gasteiger partial charge on any atom is 0.295 e. The van der Waals surface area contributed by atoms with Crippen LogP contribution >= 0.6 is 0 Å². The van der Waals surface area contributed by atoms with Crippen LogP contribution in [-0.2, 0) is 14.3 Å². The minimum absolute atomic E-state index is 0.0154. The number of aryl methyl sites for hydroxylation is 2. The molecule has 1 amide bonds. The van der Waals surface area contributed by atoms with E-state index in [4.69, 9.17) is 19.2 Å². The Balaban J connectivity index is 1.58. The third-order valence-corrected chi connectivity index (χ3v) is 8.07. The number of fused-ring (bicyclic) bond motifs is 1. The van der Waals surface area contributed by atoms with Crippen molar-refractivity contribution in [2.24, 2.45) is 5.92 Å². The lowest BCUT2D eigenvalue weighted by Gasteiger charge is -2.31. The van der Waals surface area contributed by atoms with Crippen LogP contribution in [0.1, 0.15) is 48.8 Å². The molecule has 2 saturated heterocycles. The quantitative estimate of drug-likeness (QED) is 0.218. The fraction of sp³-hybridized carbons (Fsp3) is 0.469. The van der Waals surface area contributed by atoms with Gasteiger partial charge in [0.1, 0.15) is 11.3 Å². The topological polar surface area (TPSA) is 106 Å². The van der Waals surface area contributed by atoms with Crippen molar-refractivity contribution in [2.75, 3.05) is 53.1 Å². The predicted octanol–water partition coefficient (Wildman–Crippen LogP) is 4.14. The predicted molar refractivity (Wildman–Crippen MR) is 159 cm³/mol. The smallest absolute Gasteiger partial charge is 0.295 e. The van der Waals surface area contributed by atoms with Crippen LogP contribution in [0.25, 0.3) is 11.4 Å². The summed E-state index contributed by atoms with van der Waals surface area (Å²) in [4.78, 5) is 35.7. The van der Waals surface area contributed by atoms with Crippen molar-refractivity contribution < 1.29 is 28.9 Å². The molecule has 1 unspecified atom stereocenters. The van der Waals surface area contributed by atoms with Gasteiger partial charge in [-0.05, 0) is 55.5 Å². The Morgan fingerprint density at radius 3 is 2.57 bits per heavy atom. The molecule has 42 heavy (non-hydrogen) atoms. The van der Waals surface area contributed by atoms with Gasteiger partial charge in [0.05, 0.1) is 44.2 Å². The number of methoxy groups -OCH3 is 1. The molecule has 2 fully saturated rings. The number of carbonyl (C=O) groups excluding carboxylic acids is 2. The van der Waals surface area contributed by atoms with Gasteiger partial charge in [-0.25, -0.2) is 4.98 Å². The maximum absolute atomic E-state index is 13.7. The average Bonchev–Trinajstić information content (AvgIpc) is 3.46. The molecule has 0 spiro atoms. The monoisotopic (exact) mass is 576 g/mol. The zero-order valence-corrected chi connectivity index (χ0v) is 25.1. The summed E-state index contributed by atoms with van der Waals surface area (Å²) in [5.74, 6) is -0.0988. The first kappa shape index (κ1) is 29.6. The van der Waals surface area contributed by atoms with Crippen molar-refractivity contribution in [3.05, 3.63) is 64.6 Å². The normalized spacial score (nSPS) is 19.3. The summed E-state index contributed by atoms with van der Waals surface area (Å²) in [6, 6.07) is 8.44. The molecule has 2 aliphatic rings. The highest BCUT2D eigenvalue weighted by Gasteiger charge is 2.46. The van der Waals surface area contributed by atoms with Gasteiger partial charge in [-0.3, -0.25) is 14.5 Å². The van der Waals surface area contributed by atoms with E-state index in [-0.39, 0.29) is 17.0 Å². The largest absolute Gasteiger partial charge is 0.505 e. The number of aliphatic hydroxyl groups is 1. The lowest BCUT2D eigenvalue weighted by atomic mass is 9.96. The van der Waals surface area contributed by atoms with Gasteiger partial charge in [-0.1, -0.05) is 26.0 Å². The van der Waals surface area contributed by atoms with Crippen LogP contribution in [0.4, 0.5) is 0 Å². The standard InChI is InChI=1S/C32H40N4O6/c1-20(2)10-16-42-24-9-8-23(19-25(24)40-5)28-26(29(37)27-22(4)35-11-6-7-21(3)31(35)33-27)30(38)32(39)36(28)13-12-34-14-17-41-18-15-34/h6-9,11,19-20,28,37H,10,12-18H2,1-5H3. The van der Waals surface area contributed by atoms with Gasteiger partial charge in [0, 0.05) is 32.4 Å². The number of pyridine rings is 1. The number of benzene rings is 1. The summed E-state index contributed by atoms with van der Waals surface area (Å²) >= 11 is 0. The van der Waals surface area contributed by atoms with Crippen LogP contribution in [0, 0.1) is 19.8 Å². The second kappa shape index (κ2) is 12.5. The molecule has 1 atom stereocenters. The van der Waals surface area contributed by atoms with Gasteiger partial charge < -0.3 is 28.6 Å². The number of rotatable bonds is 10. The van der Waals surface area contributed by atoms with Crippen molar-refractivity contribution in [3.8, 4) is 11.5 Å². The fourth-order valence-corrected chi connectivity index (χ4v) is 5.58. The summed E-state index contributed by atoms with van der Waals surface area (Å²) in [5, 5.41) is 11.7. The van der Waals surface area contributed by atoms with Gasteiger partial charge >= 0.3 is 0 Å². The van der Waals surface area contributed by atoms with Crippen LogP contribution in [0.5, 0.6) is 11.5 Å². The minimum atomic E-state index is -0.824. The third kappa shape index (κ3) is 5.73. The van der Waals surface area contributed by atoms with Crippen LogP contribution in [0.2, 0.25) is 0 Å². The zero-order valence-electron chi connectivity index (χ0n) is 25.1. The van der Waals surface area contributed by atoms with E-state index in [0.29, 0.717) is 67.2 Å². The molecule has 4 heterocycles. The van der Waals surface area contributed by atoms with E-state index in [9.17, 15) is 14.7 Å². The van der Waals surface area contributed by atoms with Crippen molar-refractivity contribution in [3.63, 3.8) is 0 Å². The minimum Gasteiger partial charge on any atom is -0.505 e. The summed E-state index contributed by atoms with van der Waals surface area (Å²) in [7, 11) is 1.56. The number of imidazole rings is 1. The summed E-state index contributed by atoms with van der Waals surface area (Å²) in [6.45, 7) is 12.2. The highest BCUT2D eigenvalue weighted by Crippen LogP contribution is 2.42. The molecule has 0 radical (unpaired) electrons. The SMILES string of the molecule is COc1cc(C2C(=C(O)c3nc4c(C)cccn4c3C)C(=O)C(=O)N2CCN2CCOCC2)ccc1OCCC(C)C. The average molecular weight is 577 g/mol. The number of Topliss-reactive ketones (excluding diaryl/α,β-unsaturated/α-hetero) is 1. The molecule has 2 aromatic heterocycles. The molecule has 1 aromatic carbocycles. The Hall–Kier alpha value is -3.89. The Bertz CT molecular complexity index is 1500. The first-order valence-corrected chi connectivity index (χ1v) is 14.5. The lowest BCUT2D eigenvalue weighted by Crippen LogP contribution is -2.42. The van der Waals surface area contributed by atoms with Crippen molar-refractivity contribution in [1.29, 1.82) is 0 Å². The highest BCUT2D eigenvalue weighted by atomic mass is 16.5. The number of likely N-dealkylation sites (tertiary alicyclic amines) is 1. The molecule has 3 aromatic rings. The Morgan fingerprint density at radius 1 is 1.12 bits per heavy atom. The van der Waals surface area contributed by atoms with E-state index in [0.717, 1.165) is 25.1 Å². The molecule has 2 aliphatic heterocycles. The summed E-state index contributed by atoms with van der Waals surface area (Å²) < 4.78 is 19.0. The van der Waals surface area contributed by atoms with Gasteiger partial charge in [-0.15, -0.1) is 0 Å². The van der Waals surface area contributed by atoms with Gasteiger partial charge in [0.25, 0.3) is 11.7 Å². The molecule has 5 rings (SSSR count). The van der Waals surface area contributed by atoms with E-state index in [1.54, 1.807) is 24.1 Å². The number of amides is 1. The van der Waals surface area contributed by atoms with Crippen LogP contribution < -0.4 is 9.47 Å².